The van der Waals surface area contributed by atoms with Gasteiger partial charge in [0.2, 0.25) is 0 Å². The lowest BCUT2D eigenvalue weighted by Gasteiger charge is -2.26. The van der Waals surface area contributed by atoms with Crippen LogP contribution in [0.1, 0.15) is 34.6 Å². The summed E-state index contributed by atoms with van der Waals surface area (Å²) in [6.07, 6.45) is -0.213. The quantitative estimate of drug-likeness (QED) is 0.615. The van der Waals surface area contributed by atoms with Crippen molar-refractivity contribution in [2.45, 2.75) is 52.4 Å². The van der Waals surface area contributed by atoms with Crippen LogP contribution in [0.5, 0.6) is 5.75 Å². The van der Waals surface area contributed by atoms with Crippen LogP contribution in [0.25, 0.3) is 0 Å². The molecule has 0 radical (unpaired) electrons. The van der Waals surface area contributed by atoms with Crippen LogP contribution < -0.4 is 9.61 Å². The first-order valence-corrected chi connectivity index (χ1v) is 8.76. The minimum atomic E-state index is -3.22. The Kier molecular flexibility index (Phi) is 6.43. The van der Waals surface area contributed by atoms with Gasteiger partial charge in [-0.2, -0.15) is 0 Å². The molecular formula is C15H24NO4P. The lowest BCUT2D eigenvalue weighted by atomic mass is 10.3. The van der Waals surface area contributed by atoms with E-state index in [1.807, 2.05) is 6.07 Å². The van der Waals surface area contributed by atoms with Crippen LogP contribution in [-0.2, 0) is 14.1 Å². The summed E-state index contributed by atoms with van der Waals surface area (Å²) in [5, 5.41) is 2.81. The molecule has 0 aliphatic rings. The minimum Gasteiger partial charge on any atom is -0.462 e. The largest absolute Gasteiger partial charge is 0.462 e. The smallest absolute Gasteiger partial charge is 0.323 e. The van der Waals surface area contributed by atoms with Crippen molar-refractivity contribution in [3.05, 3.63) is 30.3 Å². The molecule has 0 bridgehead atoms. The second kappa shape index (κ2) is 7.62. The lowest BCUT2D eigenvalue weighted by molar-refractivity contribution is -0.149. The second-order valence-electron chi connectivity index (χ2n) is 5.43. The molecule has 2 unspecified atom stereocenters. The number of ether oxygens (including phenoxy) is 1. The summed E-state index contributed by atoms with van der Waals surface area (Å²) < 4.78 is 23.7. The number of carbonyl (C=O) groups is 1. The number of para-hydroxylation sites is 1. The maximum absolute atomic E-state index is 12.9. The number of hydrogen-bond donors (Lipinski definition) is 1. The van der Waals surface area contributed by atoms with Crippen molar-refractivity contribution in [1.29, 1.82) is 0 Å². The predicted molar refractivity (Wildman–Crippen MR) is 83.6 cm³/mol. The third-order valence-electron chi connectivity index (χ3n) is 2.74. The summed E-state index contributed by atoms with van der Waals surface area (Å²) in [6, 6.07) is 8.21. The molecule has 1 aromatic rings. The zero-order valence-electron chi connectivity index (χ0n) is 13.2. The Morgan fingerprint density at radius 3 is 2.14 bits per heavy atom. The zero-order chi connectivity index (χ0) is 16.0. The lowest BCUT2D eigenvalue weighted by Crippen LogP contribution is -2.37. The summed E-state index contributed by atoms with van der Waals surface area (Å²) in [6.45, 7) is 8.74. The Morgan fingerprint density at radius 1 is 1.10 bits per heavy atom. The van der Waals surface area contributed by atoms with Gasteiger partial charge in [0.25, 0.3) is 0 Å². The molecule has 6 heteroatoms. The maximum Gasteiger partial charge on any atom is 0.323 e. The number of benzene rings is 1. The van der Waals surface area contributed by atoms with E-state index in [1.165, 1.54) is 0 Å². The van der Waals surface area contributed by atoms with E-state index >= 15 is 0 Å². The second-order valence-corrected chi connectivity index (χ2v) is 8.10. The molecule has 0 spiro atoms. The van der Waals surface area contributed by atoms with Crippen molar-refractivity contribution < 1.29 is 18.6 Å². The minimum absolute atomic E-state index is 0.213. The molecular weight excluding hydrogens is 289 g/mol. The molecule has 1 rings (SSSR count). The fourth-order valence-corrected chi connectivity index (χ4v) is 3.22. The van der Waals surface area contributed by atoms with Crippen molar-refractivity contribution in [3.63, 3.8) is 0 Å². The molecule has 0 amide bonds. The molecule has 0 fully saturated rings. The molecule has 0 saturated carbocycles. The number of esters is 1. The van der Waals surface area contributed by atoms with Gasteiger partial charge in [0, 0.05) is 0 Å². The van der Waals surface area contributed by atoms with Crippen molar-refractivity contribution in [2.24, 2.45) is 0 Å². The molecule has 118 valence electrons. The van der Waals surface area contributed by atoms with Crippen LogP contribution in [0.4, 0.5) is 0 Å². The Labute approximate surface area is 126 Å². The molecule has 0 aliphatic heterocycles. The van der Waals surface area contributed by atoms with Crippen LogP contribution in [0, 0.1) is 0 Å². The van der Waals surface area contributed by atoms with E-state index in [1.54, 1.807) is 58.9 Å². The molecule has 0 aliphatic carbocycles. The summed E-state index contributed by atoms with van der Waals surface area (Å²) in [5.41, 5.74) is -0.271. The van der Waals surface area contributed by atoms with Crippen molar-refractivity contribution >= 4 is 13.5 Å². The molecule has 2 atom stereocenters. The number of carbonyl (C=O) groups excluding carboxylic acids is 1. The average Bonchev–Trinajstić information content (AvgIpc) is 2.38. The Morgan fingerprint density at radius 2 is 1.67 bits per heavy atom. The van der Waals surface area contributed by atoms with Crippen LogP contribution >= 0.6 is 7.52 Å². The zero-order valence-corrected chi connectivity index (χ0v) is 14.1. The van der Waals surface area contributed by atoms with Crippen LogP contribution in [0.2, 0.25) is 0 Å². The van der Waals surface area contributed by atoms with E-state index in [0.717, 1.165) is 0 Å². The highest BCUT2D eigenvalue weighted by Crippen LogP contribution is 2.48. The number of rotatable bonds is 7. The van der Waals surface area contributed by atoms with Gasteiger partial charge in [-0.1, -0.05) is 32.0 Å². The molecule has 0 saturated heterocycles. The van der Waals surface area contributed by atoms with E-state index in [-0.39, 0.29) is 11.8 Å². The first kappa shape index (κ1) is 17.7. The monoisotopic (exact) mass is 313 g/mol. The topological polar surface area (TPSA) is 64.6 Å². The van der Waals surface area contributed by atoms with Gasteiger partial charge in [-0.05, 0) is 32.9 Å². The van der Waals surface area contributed by atoms with Crippen molar-refractivity contribution in [2.75, 3.05) is 0 Å². The van der Waals surface area contributed by atoms with Gasteiger partial charge in [-0.25, -0.2) is 5.09 Å². The normalized spacial score (nSPS) is 15.6. The standard InChI is InChI=1S/C15H24NO4P/c1-11(2)19-15(17)13(5)16-21(18,12(3)4)20-14-9-7-6-8-10-14/h6-13H,1-5H3,(H,16,18). The molecule has 1 aromatic carbocycles. The molecule has 21 heavy (non-hydrogen) atoms. The summed E-state index contributed by atoms with van der Waals surface area (Å²) >= 11 is 0. The van der Waals surface area contributed by atoms with Gasteiger partial charge in [0.05, 0.1) is 11.8 Å². The highest BCUT2D eigenvalue weighted by atomic mass is 31.2. The van der Waals surface area contributed by atoms with Crippen LogP contribution in [0.3, 0.4) is 0 Å². The first-order valence-electron chi connectivity index (χ1n) is 7.07. The van der Waals surface area contributed by atoms with Crippen molar-refractivity contribution in [3.8, 4) is 5.75 Å². The number of nitrogens with one attached hydrogen (secondary N) is 1. The highest BCUT2D eigenvalue weighted by molar-refractivity contribution is 7.58. The Hall–Kier alpha value is -1.32. The van der Waals surface area contributed by atoms with E-state index < -0.39 is 19.5 Å². The van der Waals surface area contributed by atoms with E-state index in [0.29, 0.717) is 5.75 Å². The fourth-order valence-electron chi connectivity index (χ4n) is 1.58. The van der Waals surface area contributed by atoms with Gasteiger partial charge in [0.15, 0.2) is 0 Å². The molecule has 1 N–H and O–H groups in total. The van der Waals surface area contributed by atoms with E-state index in [9.17, 15) is 9.36 Å². The average molecular weight is 313 g/mol. The Bertz CT molecular complexity index is 502. The van der Waals surface area contributed by atoms with Gasteiger partial charge < -0.3 is 9.26 Å². The summed E-state index contributed by atoms with van der Waals surface area (Å²) in [5.74, 6) is 0.0639. The number of hydrogen-bond acceptors (Lipinski definition) is 4. The van der Waals surface area contributed by atoms with E-state index in [4.69, 9.17) is 9.26 Å². The van der Waals surface area contributed by atoms with E-state index in [2.05, 4.69) is 5.09 Å². The van der Waals surface area contributed by atoms with Crippen LogP contribution in [0.15, 0.2) is 30.3 Å². The third kappa shape index (κ3) is 5.52. The van der Waals surface area contributed by atoms with Crippen molar-refractivity contribution in [1.82, 2.24) is 5.09 Å². The van der Waals surface area contributed by atoms with Gasteiger partial charge in [-0.15, -0.1) is 0 Å². The van der Waals surface area contributed by atoms with Gasteiger partial charge >= 0.3 is 13.5 Å². The summed E-state index contributed by atoms with van der Waals surface area (Å²) in [4.78, 5) is 11.8. The van der Waals surface area contributed by atoms with Gasteiger partial charge in [0.1, 0.15) is 11.8 Å². The van der Waals surface area contributed by atoms with Crippen LogP contribution in [-0.4, -0.2) is 23.8 Å². The predicted octanol–water partition coefficient (Wildman–Crippen LogP) is 3.60. The molecule has 5 nitrogen and oxygen atoms in total. The molecule has 0 aromatic heterocycles. The summed E-state index contributed by atoms with van der Waals surface area (Å²) in [7, 11) is -3.22. The molecule has 0 heterocycles. The van der Waals surface area contributed by atoms with Gasteiger partial charge in [-0.3, -0.25) is 9.36 Å². The first-order chi connectivity index (χ1) is 9.74. The third-order valence-corrected chi connectivity index (χ3v) is 5.33. The SMILES string of the molecule is CC(C)OC(=O)C(C)NP(=O)(Oc1ccccc1)C(C)C. The highest BCUT2D eigenvalue weighted by Gasteiger charge is 2.33. The fraction of sp³-hybridized carbons (Fsp3) is 0.533. The Balaban J connectivity index is 2.81. The maximum atomic E-state index is 12.9.